The van der Waals surface area contributed by atoms with Crippen LogP contribution in [0.4, 0.5) is 0 Å². The van der Waals surface area contributed by atoms with Crippen molar-refractivity contribution >= 4 is 33.7 Å². The van der Waals surface area contributed by atoms with Gasteiger partial charge in [0.15, 0.2) is 0 Å². The van der Waals surface area contributed by atoms with Crippen molar-refractivity contribution in [3.05, 3.63) is 29.8 Å². The molecule has 1 fully saturated rings. The zero-order chi connectivity index (χ0) is 23.4. The Morgan fingerprint density at radius 3 is 2.29 bits per heavy atom. The molecule has 0 saturated carbocycles. The van der Waals surface area contributed by atoms with Crippen LogP contribution in [0.25, 0.3) is 0 Å². The molecule has 1 heterocycles. The van der Waals surface area contributed by atoms with E-state index < -0.39 is 45.6 Å². The van der Waals surface area contributed by atoms with Gasteiger partial charge in [0.1, 0.15) is 24.3 Å². The predicted molar refractivity (Wildman–Crippen MR) is 118 cm³/mol. The first kappa shape index (κ1) is 25.6. The molecular formula is C21H31NO7S2. The molecule has 1 aromatic rings. The van der Waals surface area contributed by atoms with Gasteiger partial charge in [0, 0.05) is 25.0 Å². The van der Waals surface area contributed by atoms with Crippen LogP contribution in [0.3, 0.4) is 0 Å². The zero-order valence-corrected chi connectivity index (χ0v) is 20.3. The molecular weight excluding hydrogens is 442 g/mol. The molecule has 0 amide bonds. The molecule has 0 aliphatic carbocycles. The minimum absolute atomic E-state index is 0.114. The molecule has 0 spiro atoms. The first-order chi connectivity index (χ1) is 14.3. The molecule has 1 aliphatic heterocycles. The van der Waals surface area contributed by atoms with Crippen molar-refractivity contribution in [3.8, 4) is 0 Å². The van der Waals surface area contributed by atoms with Crippen LogP contribution in [0.1, 0.15) is 46.6 Å². The van der Waals surface area contributed by atoms with Gasteiger partial charge in [-0.2, -0.15) is 0 Å². The summed E-state index contributed by atoms with van der Waals surface area (Å²) in [5.41, 5.74) is 0.545. The number of carbonyl (C=O) groups is 2. The molecule has 0 bridgehead atoms. The van der Waals surface area contributed by atoms with Crippen molar-refractivity contribution in [2.45, 2.75) is 81.3 Å². The molecule has 0 unspecified atom stereocenters. The van der Waals surface area contributed by atoms with Crippen molar-refractivity contribution in [2.24, 2.45) is 0 Å². The van der Waals surface area contributed by atoms with E-state index >= 15 is 0 Å². The minimum atomic E-state index is -3.88. The number of carbonyl (C=O) groups excluding carboxylic acids is 2. The minimum Gasteiger partial charge on any atom is -0.463 e. The molecule has 0 radical (unpaired) electrons. The van der Waals surface area contributed by atoms with Crippen LogP contribution < -0.4 is 4.72 Å². The van der Waals surface area contributed by atoms with Gasteiger partial charge in [-0.3, -0.25) is 9.59 Å². The van der Waals surface area contributed by atoms with Gasteiger partial charge < -0.3 is 14.2 Å². The van der Waals surface area contributed by atoms with Crippen molar-refractivity contribution in [2.75, 3.05) is 6.61 Å². The highest BCUT2D eigenvalue weighted by molar-refractivity contribution is 8.01. The highest BCUT2D eigenvalue weighted by Crippen LogP contribution is 2.37. The van der Waals surface area contributed by atoms with Gasteiger partial charge in [0.05, 0.1) is 10.9 Å². The Labute approximate surface area is 188 Å². The van der Waals surface area contributed by atoms with E-state index in [-0.39, 0.29) is 22.7 Å². The van der Waals surface area contributed by atoms with Gasteiger partial charge in [-0.1, -0.05) is 38.5 Å². The van der Waals surface area contributed by atoms with Crippen LogP contribution in [0.5, 0.6) is 0 Å². The van der Waals surface area contributed by atoms with Crippen LogP contribution in [0, 0.1) is 6.92 Å². The predicted octanol–water partition coefficient (Wildman–Crippen LogP) is 2.78. The van der Waals surface area contributed by atoms with Crippen molar-refractivity contribution < 1.29 is 32.2 Å². The SMILES string of the molecule is CC(=O)OC[C@H]1O[C@H](SC(C)(C)C)C[C@H](NS(=O)(=O)c2ccc(C)cc2)[C@@H]1OC(C)=O. The number of rotatable bonds is 7. The summed E-state index contributed by atoms with van der Waals surface area (Å²) in [6.07, 6.45) is -1.48. The molecule has 2 rings (SSSR count). The molecule has 8 nitrogen and oxygen atoms in total. The second kappa shape index (κ2) is 10.3. The number of thioether (sulfide) groups is 1. The number of hydrogen-bond acceptors (Lipinski definition) is 8. The Bertz CT molecular complexity index is 878. The lowest BCUT2D eigenvalue weighted by Gasteiger charge is -2.42. The Hall–Kier alpha value is -1.62. The monoisotopic (exact) mass is 473 g/mol. The molecule has 4 atom stereocenters. The number of esters is 2. The fourth-order valence-corrected chi connectivity index (χ4v) is 5.73. The lowest BCUT2D eigenvalue weighted by Crippen LogP contribution is -2.58. The maximum atomic E-state index is 13.0. The topological polar surface area (TPSA) is 108 Å². The Balaban J connectivity index is 2.35. The van der Waals surface area contributed by atoms with Crippen LogP contribution >= 0.6 is 11.8 Å². The lowest BCUT2D eigenvalue weighted by atomic mass is 10.0. The molecule has 1 aliphatic rings. The summed E-state index contributed by atoms with van der Waals surface area (Å²) in [5, 5.41) is 0. The van der Waals surface area contributed by atoms with Crippen molar-refractivity contribution in [3.63, 3.8) is 0 Å². The van der Waals surface area contributed by atoms with Gasteiger partial charge in [-0.25, -0.2) is 13.1 Å². The molecule has 1 aromatic carbocycles. The molecule has 31 heavy (non-hydrogen) atoms. The quantitative estimate of drug-likeness (QED) is 0.603. The largest absolute Gasteiger partial charge is 0.463 e. The molecule has 10 heteroatoms. The van der Waals surface area contributed by atoms with Gasteiger partial charge in [-0.05, 0) is 19.1 Å². The molecule has 174 valence electrons. The Morgan fingerprint density at radius 1 is 1.16 bits per heavy atom. The fourth-order valence-electron chi connectivity index (χ4n) is 3.18. The first-order valence-corrected chi connectivity index (χ1v) is 12.4. The summed E-state index contributed by atoms with van der Waals surface area (Å²) in [6, 6.07) is 5.71. The van der Waals surface area contributed by atoms with E-state index in [9.17, 15) is 18.0 Å². The van der Waals surface area contributed by atoms with E-state index in [1.165, 1.54) is 37.7 Å². The maximum Gasteiger partial charge on any atom is 0.303 e. The zero-order valence-electron chi connectivity index (χ0n) is 18.7. The van der Waals surface area contributed by atoms with Crippen LogP contribution in [-0.4, -0.2) is 55.4 Å². The average molecular weight is 474 g/mol. The fraction of sp³-hybridized carbons (Fsp3) is 0.619. The summed E-state index contributed by atoms with van der Waals surface area (Å²) < 4.78 is 45.2. The standard InChI is InChI=1S/C21H31NO7S2/c1-13-7-9-16(10-8-13)31(25,26)22-17-11-19(30-21(4,5)6)29-18(12-27-14(2)23)20(17)28-15(3)24/h7-10,17-20,22H,11-12H2,1-6H3/t17-,18+,19+,20-/m0/s1. The highest BCUT2D eigenvalue weighted by atomic mass is 32.2. The van der Waals surface area contributed by atoms with Crippen LogP contribution in [0.15, 0.2) is 29.2 Å². The van der Waals surface area contributed by atoms with Gasteiger partial charge in [-0.15, -0.1) is 11.8 Å². The van der Waals surface area contributed by atoms with Crippen LogP contribution in [0.2, 0.25) is 0 Å². The van der Waals surface area contributed by atoms with E-state index in [1.807, 2.05) is 27.7 Å². The highest BCUT2D eigenvalue weighted by Gasteiger charge is 2.44. The van der Waals surface area contributed by atoms with Gasteiger partial charge >= 0.3 is 11.9 Å². The number of hydrogen-bond donors (Lipinski definition) is 1. The third-order valence-corrected chi connectivity index (χ3v) is 7.19. The molecule has 1 saturated heterocycles. The Morgan fingerprint density at radius 2 is 1.77 bits per heavy atom. The summed E-state index contributed by atoms with van der Waals surface area (Å²) in [4.78, 5) is 23.2. The number of nitrogens with one attached hydrogen (secondary N) is 1. The number of aryl methyl sites for hydroxylation is 1. The van der Waals surface area contributed by atoms with Crippen LogP contribution in [-0.2, 0) is 33.8 Å². The van der Waals surface area contributed by atoms with E-state index in [2.05, 4.69) is 4.72 Å². The summed E-state index contributed by atoms with van der Waals surface area (Å²) >= 11 is 1.53. The van der Waals surface area contributed by atoms with Gasteiger partial charge in [0.25, 0.3) is 0 Å². The lowest BCUT2D eigenvalue weighted by molar-refractivity contribution is -0.176. The van der Waals surface area contributed by atoms with E-state index in [4.69, 9.17) is 14.2 Å². The summed E-state index contributed by atoms with van der Waals surface area (Å²) in [5.74, 6) is -1.09. The van der Waals surface area contributed by atoms with E-state index in [0.717, 1.165) is 5.56 Å². The second-order valence-corrected chi connectivity index (χ2v) is 12.2. The smallest absolute Gasteiger partial charge is 0.303 e. The van der Waals surface area contributed by atoms with E-state index in [0.29, 0.717) is 0 Å². The Kier molecular flexibility index (Phi) is 8.54. The average Bonchev–Trinajstić information content (AvgIpc) is 2.60. The summed E-state index contributed by atoms with van der Waals surface area (Å²) in [6.45, 7) is 10.3. The number of ether oxygens (including phenoxy) is 3. The molecule has 0 aromatic heterocycles. The maximum absolute atomic E-state index is 13.0. The number of benzene rings is 1. The second-order valence-electron chi connectivity index (χ2n) is 8.49. The first-order valence-electron chi connectivity index (χ1n) is 10.00. The van der Waals surface area contributed by atoms with Crippen molar-refractivity contribution in [1.82, 2.24) is 4.72 Å². The normalized spacial score (nSPS) is 24.5. The van der Waals surface area contributed by atoms with E-state index in [1.54, 1.807) is 12.1 Å². The third kappa shape index (κ3) is 8.10. The summed E-state index contributed by atoms with van der Waals surface area (Å²) in [7, 11) is -3.88. The van der Waals surface area contributed by atoms with Crippen molar-refractivity contribution in [1.29, 1.82) is 0 Å². The number of sulfonamides is 1. The molecule has 1 N–H and O–H groups in total. The van der Waals surface area contributed by atoms with Gasteiger partial charge in [0.2, 0.25) is 10.0 Å². The third-order valence-electron chi connectivity index (χ3n) is 4.41.